The van der Waals surface area contributed by atoms with E-state index in [9.17, 15) is 0 Å². The van der Waals surface area contributed by atoms with Gasteiger partial charge in [0, 0.05) is 19.7 Å². The predicted octanol–water partition coefficient (Wildman–Crippen LogP) is 2.74. The number of likely N-dealkylation sites (tertiary alicyclic amines) is 2. The Hall–Kier alpha value is -0.120. The summed E-state index contributed by atoms with van der Waals surface area (Å²) in [5, 5.41) is 8.83. The van der Waals surface area contributed by atoms with E-state index in [1.165, 1.54) is 90.6 Å². The number of rotatable bonds is 7. The monoisotopic (exact) mass is 282 g/mol. The molecule has 1 N–H and O–H groups in total. The summed E-state index contributed by atoms with van der Waals surface area (Å²) in [5.74, 6) is 0.902. The van der Waals surface area contributed by atoms with Crippen molar-refractivity contribution in [2.24, 2.45) is 5.92 Å². The van der Waals surface area contributed by atoms with Gasteiger partial charge in [-0.15, -0.1) is 0 Å². The van der Waals surface area contributed by atoms with Crippen molar-refractivity contribution in [3.8, 4) is 0 Å². The number of hydrogen-bond acceptors (Lipinski definition) is 3. The molecule has 2 rings (SSSR count). The van der Waals surface area contributed by atoms with Crippen LogP contribution in [0.5, 0.6) is 0 Å². The van der Waals surface area contributed by atoms with Crippen molar-refractivity contribution in [3.05, 3.63) is 0 Å². The maximum Gasteiger partial charge on any atom is 0.0431 e. The molecule has 2 saturated heterocycles. The van der Waals surface area contributed by atoms with E-state index in [4.69, 9.17) is 5.11 Å². The lowest BCUT2D eigenvalue weighted by Gasteiger charge is -2.35. The van der Waals surface area contributed by atoms with Crippen molar-refractivity contribution in [3.63, 3.8) is 0 Å². The third-order valence-corrected chi connectivity index (χ3v) is 4.95. The summed E-state index contributed by atoms with van der Waals surface area (Å²) < 4.78 is 0. The smallest absolute Gasteiger partial charge is 0.0431 e. The Morgan fingerprint density at radius 3 is 2.30 bits per heavy atom. The summed E-state index contributed by atoms with van der Waals surface area (Å²) in [4.78, 5) is 5.40. The van der Waals surface area contributed by atoms with Crippen molar-refractivity contribution in [2.75, 3.05) is 45.9 Å². The summed E-state index contributed by atoms with van der Waals surface area (Å²) in [5.41, 5.74) is 0. The highest BCUT2D eigenvalue weighted by atomic mass is 16.2. The first-order valence-corrected chi connectivity index (χ1v) is 8.94. The van der Waals surface area contributed by atoms with E-state index in [-0.39, 0.29) is 0 Å². The van der Waals surface area contributed by atoms with E-state index in [0.717, 1.165) is 12.3 Å². The molecule has 2 aliphatic heterocycles. The third-order valence-electron chi connectivity index (χ3n) is 4.95. The summed E-state index contributed by atoms with van der Waals surface area (Å²) in [6.07, 6.45) is 12.0. The van der Waals surface area contributed by atoms with Crippen LogP contribution in [-0.4, -0.2) is 60.8 Å². The van der Waals surface area contributed by atoms with Crippen molar-refractivity contribution in [1.82, 2.24) is 9.80 Å². The van der Waals surface area contributed by atoms with Crippen molar-refractivity contribution in [1.29, 1.82) is 0 Å². The Kier molecular flexibility index (Phi) is 7.92. The van der Waals surface area contributed by atoms with Gasteiger partial charge >= 0.3 is 0 Å². The van der Waals surface area contributed by atoms with Gasteiger partial charge in [0.2, 0.25) is 0 Å². The Bertz CT molecular complexity index is 239. The van der Waals surface area contributed by atoms with E-state index in [0.29, 0.717) is 6.61 Å². The van der Waals surface area contributed by atoms with E-state index in [1.54, 1.807) is 0 Å². The molecule has 1 atom stereocenters. The second-order valence-electron chi connectivity index (χ2n) is 6.81. The number of aliphatic hydroxyl groups excluding tert-OH is 1. The molecule has 118 valence electrons. The molecule has 0 bridgehead atoms. The maximum absolute atomic E-state index is 8.83. The molecule has 0 amide bonds. The van der Waals surface area contributed by atoms with Crippen LogP contribution in [0.1, 0.15) is 57.8 Å². The molecular formula is C17H34N2O. The zero-order valence-corrected chi connectivity index (χ0v) is 13.2. The Morgan fingerprint density at radius 2 is 1.55 bits per heavy atom. The minimum Gasteiger partial charge on any atom is -0.396 e. The third kappa shape index (κ3) is 6.11. The van der Waals surface area contributed by atoms with Gasteiger partial charge in [-0.25, -0.2) is 0 Å². The molecule has 0 saturated carbocycles. The van der Waals surface area contributed by atoms with Gasteiger partial charge in [-0.05, 0) is 77.0 Å². The lowest BCUT2D eigenvalue weighted by Crippen LogP contribution is -2.41. The molecule has 0 aliphatic carbocycles. The molecule has 3 nitrogen and oxygen atoms in total. The second kappa shape index (κ2) is 9.75. The number of piperidine rings is 1. The molecule has 1 unspecified atom stereocenters. The van der Waals surface area contributed by atoms with Gasteiger partial charge in [0.05, 0.1) is 0 Å². The summed E-state index contributed by atoms with van der Waals surface area (Å²) >= 11 is 0. The Labute approximate surface area is 125 Å². The highest BCUT2D eigenvalue weighted by Crippen LogP contribution is 2.20. The molecule has 2 heterocycles. The van der Waals surface area contributed by atoms with E-state index < -0.39 is 0 Å². The van der Waals surface area contributed by atoms with Crippen LogP contribution < -0.4 is 0 Å². The molecular weight excluding hydrogens is 248 g/mol. The number of unbranched alkanes of at least 4 members (excludes halogenated alkanes) is 2. The molecule has 3 heteroatoms. The van der Waals surface area contributed by atoms with Crippen LogP contribution in [0.25, 0.3) is 0 Å². The molecule has 2 aliphatic rings. The highest BCUT2D eigenvalue weighted by Gasteiger charge is 2.22. The first-order chi connectivity index (χ1) is 9.88. The van der Waals surface area contributed by atoms with Gasteiger partial charge in [0.25, 0.3) is 0 Å². The summed E-state index contributed by atoms with van der Waals surface area (Å²) in [6, 6.07) is 0. The van der Waals surface area contributed by atoms with Crippen molar-refractivity contribution < 1.29 is 5.11 Å². The lowest BCUT2D eigenvalue weighted by molar-refractivity contribution is 0.132. The molecule has 0 aromatic carbocycles. The zero-order chi connectivity index (χ0) is 14.0. The Morgan fingerprint density at radius 1 is 0.800 bits per heavy atom. The van der Waals surface area contributed by atoms with E-state index >= 15 is 0 Å². The molecule has 0 aromatic rings. The number of hydrogen-bond donors (Lipinski definition) is 1. The quantitative estimate of drug-likeness (QED) is 0.727. The first kappa shape index (κ1) is 16.3. The fourth-order valence-electron chi connectivity index (χ4n) is 3.81. The zero-order valence-electron chi connectivity index (χ0n) is 13.2. The van der Waals surface area contributed by atoms with Crippen LogP contribution in [0.2, 0.25) is 0 Å². The average molecular weight is 282 g/mol. The van der Waals surface area contributed by atoms with Crippen LogP contribution in [0.15, 0.2) is 0 Å². The topological polar surface area (TPSA) is 26.7 Å². The van der Waals surface area contributed by atoms with Crippen molar-refractivity contribution >= 4 is 0 Å². The van der Waals surface area contributed by atoms with Gasteiger partial charge in [0.15, 0.2) is 0 Å². The van der Waals surface area contributed by atoms with Crippen LogP contribution in [0, 0.1) is 5.92 Å². The van der Waals surface area contributed by atoms with Crippen LogP contribution in [0.4, 0.5) is 0 Å². The normalized spacial score (nSPS) is 26.6. The first-order valence-electron chi connectivity index (χ1n) is 8.94. The molecule has 0 spiro atoms. The average Bonchev–Trinajstić information content (AvgIpc) is 2.73. The molecule has 0 radical (unpaired) electrons. The molecule has 20 heavy (non-hydrogen) atoms. The minimum atomic E-state index is 0.359. The Balaban J connectivity index is 1.64. The lowest BCUT2D eigenvalue weighted by atomic mass is 9.97. The van der Waals surface area contributed by atoms with Gasteiger partial charge in [0.1, 0.15) is 0 Å². The van der Waals surface area contributed by atoms with Gasteiger partial charge in [-0.1, -0.05) is 12.8 Å². The SMILES string of the molecule is OCCCCCN1CCCC(CN2CCCCCC2)C1. The predicted molar refractivity (Wildman–Crippen MR) is 85.0 cm³/mol. The van der Waals surface area contributed by atoms with Crippen LogP contribution >= 0.6 is 0 Å². The van der Waals surface area contributed by atoms with Gasteiger partial charge in [-0.3, -0.25) is 0 Å². The van der Waals surface area contributed by atoms with Crippen LogP contribution in [-0.2, 0) is 0 Å². The van der Waals surface area contributed by atoms with Gasteiger partial charge in [-0.2, -0.15) is 0 Å². The highest BCUT2D eigenvalue weighted by molar-refractivity contribution is 4.77. The largest absolute Gasteiger partial charge is 0.396 e. The van der Waals surface area contributed by atoms with Crippen LogP contribution in [0.3, 0.4) is 0 Å². The minimum absolute atomic E-state index is 0.359. The maximum atomic E-state index is 8.83. The number of aliphatic hydroxyl groups is 1. The van der Waals surface area contributed by atoms with E-state index in [1.807, 2.05) is 0 Å². The fourth-order valence-corrected chi connectivity index (χ4v) is 3.81. The molecule has 0 aromatic heterocycles. The standard InChI is InChI=1S/C17H34N2O/c20-14-7-3-6-12-19-13-8-9-17(16-19)15-18-10-4-1-2-5-11-18/h17,20H,1-16H2. The number of nitrogens with zero attached hydrogens (tertiary/aromatic N) is 2. The molecule has 2 fully saturated rings. The van der Waals surface area contributed by atoms with E-state index in [2.05, 4.69) is 9.80 Å². The van der Waals surface area contributed by atoms with Crippen molar-refractivity contribution in [2.45, 2.75) is 57.8 Å². The second-order valence-corrected chi connectivity index (χ2v) is 6.81. The summed E-state index contributed by atoms with van der Waals surface area (Å²) in [6.45, 7) is 8.24. The summed E-state index contributed by atoms with van der Waals surface area (Å²) in [7, 11) is 0. The van der Waals surface area contributed by atoms with Gasteiger partial charge < -0.3 is 14.9 Å². The fraction of sp³-hybridized carbons (Fsp3) is 1.00.